The molecule has 1 N–H and O–H groups in total. The summed E-state index contributed by atoms with van der Waals surface area (Å²) < 4.78 is 41.4. The Balaban J connectivity index is 1.25. The van der Waals surface area contributed by atoms with E-state index in [9.17, 15) is 22.4 Å². The van der Waals surface area contributed by atoms with E-state index in [-0.39, 0.29) is 47.7 Å². The second kappa shape index (κ2) is 8.78. The van der Waals surface area contributed by atoms with Crippen LogP contribution in [0.1, 0.15) is 38.2 Å². The molecule has 1 saturated heterocycles. The molecule has 2 aromatic rings. The molecule has 2 fully saturated rings. The Hall–Kier alpha value is -2.78. The molecular formula is C25H28FN3O4S. The molecule has 0 bridgehead atoms. The highest BCUT2D eigenvalue weighted by Crippen LogP contribution is 2.40. The van der Waals surface area contributed by atoms with Gasteiger partial charge < -0.3 is 10.2 Å². The van der Waals surface area contributed by atoms with Gasteiger partial charge in [0, 0.05) is 42.3 Å². The normalized spacial score (nSPS) is 21.4. The average molecular weight is 486 g/mol. The monoisotopic (exact) mass is 485 g/mol. The van der Waals surface area contributed by atoms with Crippen molar-refractivity contribution in [2.24, 2.45) is 11.8 Å². The Morgan fingerprint density at radius 1 is 1.00 bits per heavy atom. The fraction of sp³-hybridized carbons (Fsp3) is 0.440. The van der Waals surface area contributed by atoms with Crippen molar-refractivity contribution in [3.63, 3.8) is 0 Å². The molecule has 1 atom stereocenters. The van der Waals surface area contributed by atoms with E-state index in [1.807, 2.05) is 11.8 Å². The largest absolute Gasteiger partial charge is 0.326 e. The van der Waals surface area contributed by atoms with Gasteiger partial charge in [-0.15, -0.1) is 0 Å². The topological polar surface area (TPSA) is 86.8 Å². The van der Waals surface area contributed by atoms with Gasteiger partial charge in [-0.2, -0.15) is 4.31 Å². The first-order valence-electron chi connectivity index (χ1n) is 11.8. The van der Waals surface area contributed by atoms with Crippen LogP contribution >= 0.6 is 0 Å². The molecule has 0 unspecified atom stereocenters. The molecule has 1 saturated carbocycles. The first-order valence-corrected chi connectivity index (χ1v) is 13.2. The number of rotatable bonds is 5. The first kappa shape index (κ1) is 23.0. The van der Waals surface area contributed by atoms with E-state index in [1.165, 1.54) is 22.5 Å². The molecule has 7 nitrogen and oxygen atoms in total. The van der Waals surface area contributed by atoms with Crippen LogP contribution in [-0.2, 0) is 26.0 Å². The van der Waals surface area contributed by atoms with Crippen LogP contribution in [0.15, 0.2) is 47.4 Å². The smallest absolute Gasteiger partial charge is 0.243 e. The van der Waals surface area contributed by atoms with Crippen molar-refractivity contribution in [1.82, 2.24) is 4.31 Å². The van der Waals surface area contributed by atoms with Crippen molar-refractivity contribution in [3.05, 3.63) is 53.8 Å². The van der Waals surface area contributed by atoms with E-state index < -0.39 is 15.8 Å². The summed E-state index contributed by atoms with van der Waals surface area (Å²) in [7, 11) is -3.71. The van der Waals surface area contributed by atoms with Gasteiger partial charge in [0.25, 0.3) is 0 Å². The summed E-state index contributed by atoms with van der Waals surface area (Å²) in [6.45, 7) is 2.47. The number of carbonyl (C=O) groups is 2. The third kappa shape index (κ3) is 4.34. The molecule has 3 aliphatic rings. The van der Waals surface area contributed by atoms with Gasteiger partial charge in [0.05, 0.1) is 4.90 Å². The predicted molar refractivity (Wildman–Crippen MR) is 126 cm³/mol. The molecule has 0 spiro atoms. The predicted octanol–water partition coefficient (Wildman–Crippen LogP) is 3.55. The number of nitrogens with zero attached hydrogens (tertiary/aromatic N) is 2. The van der Waals surface area contributed by atoms with E-state index >= 15 is 0 Å². The fourth-order valence-electron chi connectivity index (χ4n) is 4.95. The molecule has 34 heavy (non-hydrogen) atoms. The lowest BCUT2D eigenvalue weighted by Gasteiger charge is -2.30. The van der Waals surface area contributed by atoms with Gasteiger partial charge in [0.15, 0.2) is 0 Å². The summed E-state index contributed by atoms with van der Waals surface area (Å²) in [6.07, 6.45) is 3.29. The van der Waals surface area contributed by atoms with Gasteiger partial charge >= 0.3 is 0 Å². The zero-order chi connectivity index (χ0) is 24.0. The Morgan fingerprint density at radius 2 is 1.74 bits per heavy atom. The fourth-order valence-corrected chi connectivity index (χ4v) is 6.47. The lowest BCUT2D eigenvalue weighted by atomic mass is 9.97. The average Bonchev–Trinajstić information content (AvgIpc) is 3.60. The number of benzene rings is 2. The molecule has 2 aliphatic heterocycles. The highest BCUT2D eigenvalue weighted by atomic mass is 32.2. The Bertz CT molecular complexity index is 1240. The van der Waals surface area contributed by atoms with Crippen LogP contribution in [-0.4, -0.2) is 43.7 Å². The minimum absolute atomic E-state index is 0.0217. The second-order valence-electron chi connectivity index (χ2n) is 9.50. The van der Waals surface area contributed by atoms with Crippen molar-refractivity contribution < 1.29 is 22.4 Å². The molecule has 0 aromatic heterocycles. The summed E-state index contributed by atoms with van der Waals surface area (Å²) in [6, 6.07) is 10.8. The number of halogens is 1. The van der Waals surface area contributed by atoms with E-state index in [1.54, 1.807) is 24.3 Å². The number of hydrogen-bond donors (Lipinski definition) is 1. The molecule has 0 radical (unpaired) electrons. The maximum absolute atomic E-state index is 13.4. The van der Waals surface area contributed by atoms with Crippen molar-refractivity contribution >= 4 is 33.2 Å². The van der Waals surface area contributed by atoms with Crippen molar-refractivity contribution in [2.45, 2.75) is 50.0 Å². The Labute approximate surface area is 199 Å². The zero-order valence-electron chi connectivity index (χ0n) is 19.0. The summed E-state index contributed by atoms with van der Waals surface area (Å²) in [5.41, 5.74) is 2.09. The summed E-state index contributed by atoms with van der Waals surface area (Å²) in [4.78, 5) is 27.3. The quantitative estimate of drug-likeness (QED) is 0.702. The molecule has 180 valence electrons. The van der Waals surface area contributed by atoms with Crippen LogP contribution < -0.4 is 10.2 Å². The first-order chi connectivity index (χ1) is 16.2. The summed E-state index contributed by atoms with van der Waals surface area (Å²) >= 11 is 0. The number of fused-ring (bicyclic) bond motifs is 1. The lowest BCUT2D eigenvalue weighted by molar-refractivity contribution is -0.121. The van der Waals surface area contributed by atoms with Crippen molar-refractivity contribution in [1.29, 1.82) is 0 Å². The van der Waals surface area contributed by atoms with E-state index in [0.29, 0.717) is 24.9 Å². The molecule has 9 heteroatoms. The highest BCUT2D eigenvalue weighted by molar-refractivity contribution is 7.89. The molecule has 1 aliphatic carbocycles. The number of anilines is 2. The van der Waals surface area contributed by atoms with Crippen LogP contribution in [0.5, 0.6) is 0 Å². The van der Waals surface area contributed by atoms with Gasteiger partial charge in [-0.05, 0) is 81.0 Å². The Kier molecular flexibility index (Phi) is 5.93. The van der Waals surface area contributed by atoms with Crippen LogP contribution in [0.25, 0.3) is 0 Å². The standard InChI is InChI=1S/C25H28FN3O4S/c1-16-13-19-14-22(7-8-23(19)29(16)25(31)18-5-6-18)34(32,33)28-11-9-17(10-12-28)24(30)27-21-4-2-3-20(26)15-21/h2-4,7-8,14-18H,5-6,9-13H2,1H3,(H,27,30)/t16-/m0/s1. The van der Waals surface area contributed by atoms with E-state index in [4.69, 9.17) is 0 Å². The zero-order valence-corrected chi connectivity index (χ0v) is 19.9. The maximum Gasteiger partial charge on any atom is 0.243 e. The highest BCUT2D eigenvalue weighted by Gasteiger charge is 2.40. The van der Waals surface area contributed by atoms with Gasteiger partial charge in [-0.1, -0.05) is 6.07 Å². The molecule has 5 rings (SSSR count). The van der Waals surface area contributed by atoms with Crippen LogP contribution in [0.2, 0.25) is 0 Å². The number of hydrogen-bond acceptors (Lipinski definition) is 4. The number of nitrogens with one attached hydrogen (secondary N) is 1. The molecule has 2 aromatic carbocycles. The molecule has 2 heterocycles. The summed E-state index contributed by atoms with van der Waals surface area (Å²) in [5.74, 6) is -0.744. The van der Waals surface area contributed by atoms with Crippen LogP contribution in [0.3, 0.4) is 0 Å². The van der Waals surface area contributed by atoms with Gasteiger partial charge in [-0.25, -0.2) is 12.8 Å². The minimum Gasteiger partial charge on any atom is -0.326 e. The van der Waals surface area contributed by atoms with Gasteiger partial charge in [0.1, 0.15) is 5.82 Å². The number of amides is 2. The SMILES string of the molecule is C[C@H]1Cc2cc(S(=O)(=O)N3CCC(C(=O)Nc4cccc(F)c4)CC3)ccc2N1C(=O)C1CC1. The number of piperidine rings is 1. The van der Waals surface area contributed by atoms with Crippen LogP contribution in [0.4, 0.5) is 15.8 Å². The lowest BCUT2D eigenvalue weighted by Crippen LogP contribution is -2.41. The second-order valence-corrected chi connectivity index (χ2v) is 11.4. The maximum atomic E-state index is 13.4. The summed E-state index contributed by atoms with van der Waals surface area (Å²) in [5, 5.41) is 2.72. The van der Waals surface area contributed by atoms with Crippen molar-refractivity contribution in [2.75, 3.05) is 23.3 Å². The van der Waals surface area contributed by atoms with Crippen LogP contribution in [0, 0.1) is 17.7 Å². The number of sulfonamides is 1. The Morgan fingerprint density at radius 3 is 2.41 bits per heavy atom. The third-order valence-electron chi connectivity index (χ3n) is 6.99. The molecule has 2 amide bonds. The number of carbonyl (C=O) groups excluding carboxylic acids is 2. The van der Waals surface area contributed by atoms with E-state index in [0.717, 1.165) is 24.1 Å². The third-order valence-corrected chi connectivity index (χ3v) is 8.88. The van der Waals surface area contributed by atoms with Gasteiger partial charge in [-0.3, -0.25) is 9.59 Å². The van der Waals surface area contributed by atoms with E-state index in [2.05, 4.69) is 5.32 Å². The molecular weight excluding hydrogens is 457 g/mol. The minimum atomic E-state index is -3.71. The van der Waals surface area contributed by atoms with Crippen molar-refractivity contribution in [3.8, 4) is 0 Å². The van der Waals surface area contributed by atoms with Gasteiger partial charge in [0.2, 0.25) is 21.8 Å².